The number of rotatable bonds is 7. The molecule has 0 saturated carbocycles. The number of amides is 1. The van der Waals surface area contributed by atoms with Crippen LogP contribution in [0, 0.1) is 6.92 Å². The Balaban J connectivity index is 1.68. The number of methoxy groups -OCH3 is 2. The Kier molecular flexibility index (Phi) is 7.45. The second kappa shape index (κ2) is 10.4. The van der Waals surface area contributed by atoms with Crippen LogP contribution in [0.15, 0.2) is 63.6 Å². The first-order valence-corrected chi connectivity index (χ1v) is 10.1. The monoisotopic (exact) mass is 439 g/mol. The normalized spacial score (nSPS) is 16.0. The lowest BCUT2D eigenvalue weighted by Gasteiger charge is -2.11. The standard InChI is InChI=1S/C22H21N3O5S/c1-14-4-7-17(8-5-14)30-13-16-10-15(6-9-18(16)28-2)12-23-25-22-24-21(27)19(31-22)11-20(26)29-3/h4-12H,13H2,1-3H3,(H,24,25,27)/b19-11+,23-12?. The lowest BCUT2D eigenvalue weighted by Crippen LogP contribution is -2.19. The molecule has 31 heavy (non-hydrogen) atoms. The fourth-order valence-corrected chi connectivity index (χ4v) is 3.32. The summed E-state index contributed by atoms with van der Waals surface area (Å²) in [6.45, 7) is 2.35. The number of carbonyl (C=O) groups is 2. The van der Waals surface area contributed by atoms with E-state index < -0.39 is 11.9 Å². The van der Waals surface area contributed by atoms with Crippen LogP contribution in [0.5, 0.6) is 11.5 Å². The van der Waals surface area contributed by atoms with Crippen molar-refractivity contribution >= 4 is 35.0 Å². The minimum Gasteiger partial charge on any atom is -0.496 e. The highest BCUT2D eigenvalue weighted by Crippen LogP contribution is 2.24. The van der Waals surface area contributed by atoms with E-state index in [1.54, 1.807) is 13.3 Å². The third-order valence-corrected chi connectivity index (χ3v) is 5.08. The van der Waals surface area contributed by atoms with Gasteiger partial charge < -0.3 is 14.2 Å². The number of hydrogen-bond donors (Lipinski definition) is 1. The predicted molar refractivity (Wildman–Crippen MR) is 119 cm³/mol. The molecule has 1 aliphatic rings. The molecule has 1 heterocycles. The zero-order valence-corrected chi connectivity index (χ0v) is 18.1. The molecule has 0 aromatic heterocycles. The van der Waals surface area contributed by atoms with Gasteiger partial charge in [-0.2, -0.15) is 5.10 Å². The van der Waals surface area contributed by atoms with Gasteiger partial charge in [0.05, 0.1) is 25.3 Å². The number of hydrogen-bond acceptors (Lipinski definition) is 8. The van der Waals surface area contributed by atoms with E-state index in [0.29, 0.717) is 12.4 Å². The van der Waals surface area contributed by atoms with Crippen molar-refractivity contribution in [1.82, 2.24) is 5.32 Å². The number of ether oxygens (including phenoxy) is 3. The van der Waals surface area contributed by atoms with Crippen LogP contribution in [-0.4, -0.2) is 37.5 Å². The van der Waals surface area contributed by atoms with E-state index in [2.05, 4.69) is 20.3 Å². The van der Waals surface area contributed by atoms with Crippen molar-refractivity contribution in [2.24, 2.45) is 10.2 Å². The van der Waals surface area contributed by atoms with E-state index in [1.165, 1.54) is 7.11 Å². The molecular formula is C22H21N3O5S. The summed E-state index contributed by atoms with van der Waals surface area (Å²) in [5.41, 5.74) is 2.80. The lowest BCUT2D eigenvalue weighted by atomic mass is 10.1. The molecule has 0 radical (unpaired) electrons. The highest BCUT2D eigenvalue weighted by Gasteiger charge is 2.25. The third-order valence-electron chi connectivity index (χ3n) is 4.18. The smallest absolute Gasteiger partial charge is 0.331 e. The van der Waals surface area contributed by atoms with Crippen molar-refractivity contribution in [3.05, 3.63) is 70.1 Å². The van der Waals surface area contributed by atoms with Gasteiger partial charge in [-0.1, -0.05) is 17.7 Å². The van der Waals surface area contributed by atoms with Gasteiger partial charge in [0.25, 0.3) is 5.91 Å². The molecular weight excluding hydrogens is 418 g/mol. The van der Waals surface area contributed by atoms with Crippen molar-refractivity contribution in [1.29, 1.82) is 0 Å². The van der Waals surface area contributed by atoms with Crippen LogP contribution >= 0.6 is 11.8 Å². The topological polar surface area (TPSA) is 98.6 Å². The van der Waals surface area contributed by atoms with Gasteiger partial charge in [-0.3, -0.25) is 10.1 Å². The molecule has 1 saturated heterocycles. The Labute approximate surface area is 184 Å². The molecule has 0 atom stereocenters. The largest absolute Gasteiger partial charge is 0.496 e. The van der Waals surface area contributed by atoms with E-state index in [9.17, 15) is 9.59 Å². The van der Waals surface area contributed by atoms with E-state index in [4.69, 9.17) is 9.47 Å². The van der Waals surface area contributed by atoms with Crippen molar-refractivity contribution < 1.29 is 23.8 Å². The molecule has 0 bridgehead atoms. The average molecular weight is 439 g/mol. The van der Waals surface area contributed by atoms with Crippen molar-refractivity contribution in [3.63, 3.8) is 0 Å². The summed E-state index contributed by atoms with van der Waals surface area (Å²) in [7, 11) is 2.84. The maximum atomic E-state index is 11.8. The van der Waals surface area contributed by atoms with Crippen molar-refractivity contribution in [2.45, 2.75) is 13.5 Å². The van der Waals surface area contributed by atoms with E-state index in [0.717, 1.165) is 40.3 Å². The van der Waals surface area contributed by atoms with Gasteiger partial charge in [0, 0.05) is 11.6 Å². The molecule has 1 aliphatic heterocycles. The molecule has 1 N–H and O–H groups in total. The molecule has 0 spiro atoms. The van der Waals surface area contributed by atoms with Crippen LogP contribution in [-0.2, 0) is 20.9 Å². The van der Waals surface area contributed by atoms with Crippen LogP contribution in [0.1, 0.15) is 16.7 Å². The first-order valence-electron chi connectivity index (χ1n) is 9.24. The number of esters is 1. The van der Waals surface area contributed by atoms with Gasteiger partial charge in [0.2, 0.25) is 0 Å². The first-order chi connectivity index (χ1) is 15.0. The number of thioether (sulfide) groups is 1. The van der Waals surface area contributed by atoms with Crippen LogP contribution in [0.3, 0.4) is 0 Å². The summed E-state index contributed by atoms with van der Waals surface area (Å²) in [5, 5.41) is 10.8. The fourth-order valence-electron chi connectivity index (χ4n) is 2.58. The van der Waals surface area contributed by atoms with E-state index >= 15 is 0 Å². The van der Waals surface area contributed by atoms with Crippen LogP contribution < -0.4 is 14.8 Å². The second-order valence-corrected chi connectivity index (χ2v) is 7.44. The van der Waals surface area contributed by atoms with Crippen molar-refractivity contribution in [2.75, 3.05) is 14.2 Å². The number of carbonyl (C=O) groups excluding carboxylic acids is 2. The molecule has 2 aromatic rings. The fraction of sp³-hybridized carbons (Fsp3) is 0.182. The SMILES string of the molecule is COC(=O)/C=C1/S/C(=N\N=Cc2ccc(OC)c(COc3ccc(C)cc3)c2)NC1=O. The predicted octanol–water partition coefficient (Wildman–Crippen LogP) is 3.19. The van der Waals surface area contributed by atoms with E-state index in [1.807, 2.05) is 49.4 Å². The molecule has 9 heteroatoms. The minimum absolute atomic E-state index is 0.195. The number of nitrogens with one attached hydrogen (secondary N) is 1. The maximum absolute atomic E-state index is 11.8. The minimum atomic E-state index is -0.610. The highest BCUT2D eigenvalue weighted by atomic mass is 32.2. The lowest BCUT2D eigenvalue weighted by molar-refractivity contribution is -0.135. The molecule has 0 unspecified atom stereocenters. The highest BCUT2D eigenvalue weighted by molar-refractivity contribution is 8.18. The molecule has 2 aromatic carbocycles. The zero-order chi connectivity index (χ0) is 22.2. The number of amidine groups is 1. The molecule has 160 valence electrons. The van der Waals surface area contributed by atoms with Gasteiger partial charge in [0.1, 0.15) is 18.1 Å². The van der Waals surface area contributed by atoms with Crippen LogP contribution in [0.25, 0.3) is 0 Å². The average Bonchev–Trinajstić information content (AvgIpc) is 3.12. The molecule has 3 rings (SSSR count). The molecule has 1 fully saturated rings. The Morgan fingerprint density at radius 1 is 1.16 bits per heavy atom. The third kappa shape index (κ3) is 6.19. The maximum Gasteiger partial charge on any atom is 0.331 e. The number of nitrogens with zero attached hydrogens (tertiary/aromatic N) is 2. The Morgan fingerprint density at radius 3 is 2.65 bits per heavy atom. The van der Waals surface area contributed by atoms with Gasteiger partial charge in [-0.05, 0) is 54.6 Å². The summed E-state index contributed by atoms with van der Waals surface area (Å²) in [4.78, 5) is 23.3. The van der Waals surface area contributed by atoms with Crippen LogP contribution in [0.4, 0.5) is 0 Å². The summed E-state index contributed by atoms with van der Waals surface area (Å²) >= 11 is 1.01. The first kappa shape index (κ1) is 22.1. The zero-order valence-electron chi connectivity index (χ0n) is 17.2. The quantitative estimate of drug-likeness (QED) is 0.308. The summed E-state index contributed by atoms with van der Waals surface area (Å²) in [6.07, 6.45) is 2.66. The molecule has 0 aliphatic carbocycles. The van der Waals surface area contributed by atoms with Gasteiger partial charge in [-0.25, -0.2) is 4.79 Å². The number of benzene rings is 2. The molecule has 8 nitrogen and oxygen atoms in total. The van der Waals surface area contributed by atoms with Gasteiger partial charge in [0.15, 0.2) is 5.17 Å². The van der Waals surface area contributed by atoms with Crippen LogP contribution in [0.2, 0.25) is 0 Å². The molecule has 1 amide bonds. The van der Waals surface area contributed by atoms with Gasteiger partial charge in [-0.15, -0.1) is 5.10 Å². The summed E-state index contributed by atoms with van der Waals surface area (Å²) in [6, 6.07) is 13.4. The van der Waals surface area contributed by atoms with Crippen molar-refractivity contribution in [3.8, 4) is 11.5 Å². The Morgan fingerprint density at radius 2 is 1.94 bits per heavy atom. The summed E-state index contributed by atoms with van der Waals surface area (Å²) in [5.74, 6) is 0.431. The Hall–Kier alpha value is -3.59. The van der Waals surface area contributed by atoms with Gasteiger partial charge >= 0.3 is 5.97 Å². The number of aryl methyl sites for hydroxylation is 1. The second-order valence-electron chi connectivity index (χ2n) is 6.41. The van der Waals surface area contributed by atoms with E-state index in [-0.39, 0.29) is 10.1 Å². The summed E-state index contributed by atoms with van der Waals surface area (Å²) < 4.78 is 15.8. The Bertz CT molecular complexity index is 1060.